The summed E-state index contributed by atoms with van der Waals surface area (Å²) in [6.45, 7) is 0.509. The van der Waals surface area contributed by atoms with Crippen LogP contribution in [-0.2, 0) is 4.79 Å². The van der Waals surface area contributed by atoms with Crippen molar-refractivity contribution < 1.29 is 9.59 Å². The number of carbonyl (C=O) groups is 2. The van der Waals surface area contributed by atoms with Crippen LogP contribution in [0, 0.1) is 0 Å². The van der Waals surface area contributed by atoms with E-state index in [2.05, 4.69) is 15.3 Å². The Hall–Kier alpha value is -2.18. The standard InChI is InChI=1S/C17H16Cl2N4O2/c18-12-5-4-11(9-13(12)19)22-16(24)15-3-1-2-8-23(15)17(25)14-10-20-6-7-21-14/h4-7,9-10,15H,1-3,8H2,(H,22,24). The summed E-state index contributed by atoms with van der Waals surface area (Å²) in [5.74, 6) is -0.544. The quantitative estimate of drug-likeness (QED) is 0.887. The van der Waals surface area contributed by atoms with Gasteiger partial charge < -0.3 is 10.2 Å². The second-order valence-corrected chi connectivity index (χ2v) is 6.53. The molecule has 1 aromatic carbocycles. The lowest BCUT2D eigenvalue weighted by molar-refractivity contribution is -0.121. The maximum absolute atomic E-state index is 12.7. The summed E-state index contributed by atoms with van der Waals surface area (Å²) in [7, 11) is 0. The van der Waals surface area contributed by atoms with Crippen LogP contribution in [0.25, 0.3) is 0 Å². The van der Waals surface area contributed by atoms with Crippen molar-refractivity contribution >= 4 is 40.7 Å². The number of piperidine rings is 1. The zero-order valence-corrected chi connectivity index (χ0v) is 14.8. The molecule has 2 amide bonds. The van der Waals surface area contributed by atoms with Gasteiger partial charge in [0.2, 0.25) is 5.91 Å². The van der Waals surface area contributed by atoms with Crippen molar-refractivity contribution in [3.05, 3.63) is 52.5 Å². The number of anilines is 1. The first kappa shape index (κ1) is 17.6. The van der Waals surface area contributed by atoms with Crippen LogP contribution in [0.4, 0.5) is 5.69 Å². The first-order chi connectivity index (χ1) is 12.1. The average Bonchev–Trinajstić information content (AvgIpc) is 2.65. The Bertz CT molecular complexity index is 785. The minimum atomic E-state index is -0.558. The molecule has 0 radical (unpaired) electrons. The minimum Gasteiger partial charge on any atom is -0.325 e. The highest BCUT2D eigenvalue weighted by Gasteiger charge is 2.33. The second kappa shape index (κ2) is 7.80. The lowest BCUT2D eigenvalue weighted by Gasteiger charge is -2.34. The maximum Gasteiger partial charge on any atom is 0.274 e. The van der Waals surface area contributed by atoms with E-state index in [1.54, 1.807) is 23.1 Å². The second-order valence-electron chi connectivity index (χ2n) is 5.72. The molecular formula is C17H16Cl2N4O2. The van der Waals surface area contributed by atoms with Crippen molar-refractivity contribution in [3.63, 3.8) is 0 Å². The number of nitrogens with one attached hydrogen (secondary N) is 1. The van der Waals surface area contributed by atoms with Gasteiger partial charge >= 0.3 is 0 Å². The van der Waals surface area contributed by atoms with Crippen molar-refractivity contribution in [1.82, 2.24) is 14.9 Å². The third-order valence-corrected chi connectivity index (χ3v) is 4.77. The van der Waals surface area contributed by atoms with Crippen molar-refractivity contribution in [2.45, 2.75) is 25.3 Å². The molecule has 1 atom stereocenters. The van der Waals surface area contributed by atoms with Gasteiger partial charge in [0.15, 0.2) is 0 Å². The van der Waals surface area contributed by atoms with Gasteiger partial charge in [-0.3, -0.25) is 14.6 Å². The molecule has 1 N–H and O–H groups in total. The fourth-order valence-corrected chi connectivity index (χ4v) is 3.10. The van der Waals surface area contributed by atoms with Crippen LogP contribution in [0.3, 0.4) is 0 Å². The highest BCUT2D eigenvalue weighted by Crippen LogP contribution is 2.26. The van der Waals surface area contributed by atoms with E-state index in [1.165, 1.54) is 18.6 Å². The Morgan fingerprint density at radius 3 is 2.72 bits per heavy atom. The molecule has 1 aliphatic rings. The zero-order chi connectivity index (χ0) is 17.8. The molecule has 1 saturated heterocycles. The summed E-state index contributed by atoms with van der Waals surface area (Å²) < 4.78 is 0. The molecule has 2 heterocycles. The van der Waals surface area contributed by atoms with Crippen molar-refractivity contribution in [1.29, 1.82) is 0 Å². The molecule has 0 aliphatic carbocycles. The third kappa shape index (κ3) is 4.08. The lowest BCUT2D eigenvalue weighted by Crippen LogP contribution is -2.50. The molecule has 1 fully saturated rings. The third-order valence-electron chi connectivity index (χ3n) is 4.04. The molecule has 0 spiro atoms. The van der Waals surface area contributed by atoms with Gasteiger partial charge in [-0.05, 0) is 37.5 Å². The van der Waals surface area contributed by atoms with E-state index in [4.69, 9.17) is 23.2 Å². The Labute approximate surface area is 155 Å². The van der Waals surface area contributed by atoms with Gasteiger partial charge in [0.05, 0.1) is 16.2 Å². The molecule has 1 unspecified atom stereocenters. The summed E-state index contributed by atoms with van der Waals surface area (Å²) in [5.41, 5.74) is 0.772. The van der Waals surface area contributed by atoms with Crippen molar-refractivity contribution in [3.8, 4) is 0 Å². The SMILES string of the molecule is O=C(Nc1ccc(Cl)c(Cl)c1)C1CCCCN1C(=O)c1cnccn1. The summed E-state index contributed by atoms with van der Waals surface area (Å²) >= 11 is 11.9. The largest absolute Gasteiger partial charge is 0.325 e. The summed E-state index contributed by atoms with van der Waals surface area (Å²) in [4.78, 5) is 34.9. The molecule has 1 aromatic heterocycles. The van der Waals surface area contributed by atoms with Gasteiger partial charge in [0, 0.05) is 24.6 Å². The zero-order valence-electron chi connectivity index (χ0n) is 13.3. The van der Waals surface area contributed by atoms with E-state index in [0.717, 1.165) is 12.8 Å². The summed E-state index contributed by atoms with van der Waals surface area (Å²) in [6, 6.07) is 4.31. The fourth-order valence-electron chi connectivity index (χ4n) is 2.80. The first-order valence-electron chi connectivity index (χ1n) is 7.89. The number of likely N-dealkylation sites (tertiary alicyclic amines) is 1. The number of hydrogen-bond acceptors (Lipinski definition) is 4. The number of carbonyl (C=O) groups excluding carboxylic acids is 2. The molecule has 3 rings (SSSR count). The van der Waals surface area contributed by atoms with Gasteiger partial charge in [-0.2, -0.15) is 0 Å². The minimum absolute atomic E-state index is 0.233. The maximum atomic E-state index is 12.7. The number of amides is 2. The lowest BCUT2D eigenvalue weighted by atomic mass is 10.0. The molecule has 0 bridgehead atoms. The van der Waals surface area contributed by atoms with E-state index in [-0.39, 0.29) is 17.5 Å². The first-order valence-corrected chi connectivity index (χ1v) is 8.65. The normalized spacial score (nSPS) is 17.2. The monoisotopic (exact) mass is 378 g/mol. The molecular weight excluding hydrogens is 363 g/mol. The van der Waals surface area contributed by atoms with Crippen LogP contribution in [0.5, 0.6) is 0 Å². The van der Waals surface area contributed by atoms with Crippen LogP contribution in [0.1, 0.15) is 29.8 Å². The fraction of sp³-hybridized carbons (Fsp3) is 0.294. The van der Waals surface area contributed by atoms with E-state index in [1.807, 2.05) is 0 Å². The number of benzene rings is 1. The van der Waals surface area contributed by atoms with Gasteiger partial charge in [0.25, 0.3) is 5.91 Å². The van der Waals surface area contributed by atoms with Gasteiger partial charge in [-0.15, -0.1) is 0 Å². The molecule has 2 aromatic rings. The molecule has 130 valence electrons. The van der Waals surface area contributed by atoms with Crippen LogP contribution >= 0.6 is 23.2 Å². The van der Waals surface area contributed by atoms with Crippen molar-refractivity contribution in [2.75, 3.05) is 11.9 Å². The van der Waals surface area contributed by atoms with E-state index in [9.17, 15) is 9.59 Å². The Kier molecular flexibility index (Phi) is 5.50. The number of nitrogens with zero attached hydrogens (tertiary/aromatic N) is 3. The van der Waals surface area contributed by atoms with Gasteiger partial charge in [-0.1, -0.05) is 23.2 Å². The Morgan fingerprint density at radius 1 is 1.16 bits per heavy atom. The number of rotatable bonds is 3. The van der Waals surface area contributed by atoms with Crippen LogP contribution in [0.2, 0.25) is 10.0 Å². The van der Waals surface area contributed by atoms with Gasteiger partial charge in [0.1, 0.15) is 11.7 Å². The summed E-state index contributed by atoms with van der Waals surface area (Å²) in [5, 5.41) is 3.57. The molecule has 1 aliphatic heterocycles. The number of hydrogen-bond donors (Lipinski definition) is 1. The number of aromatic nitrogens is 2. The number of halogens is 2. The Balaban J connectivity index is 1.77. The highest BCUT2D eigenvalue weighted by molar-refractivity contribution is 6.42. The van der Waals surface area contributed by atoms with E-state index < -0.39 is 6.04 Å². The topological polar surface area (TPSA) is 75.2 Å². The Morgan fingerprint density at radius 2 is 2.00 bits per heavy atom. The molecule has 8 heteroatoms. The average molecular weight is 379 g/mol. The summed E-state index contributed by atoms with van der Waals surface area (Å²) in [6.07, 6.45) is 6.69. The van der Waals surface area contributed by atoms with E-state index >= 15 is 0 Å². The predicted octanol–water partition coefficient (Wildman–Crippen LogP) is 3.42. The van der Waals surface area contributed by atoms with Crippen LogP contribution < -0.4 is 5.32 Å². The van der Waals surface area contributed by atoms with E-state index in [0.29, 0.717) is 28.7 Å². The van der Waals surface area contributed by atoms with Crippen LogP contribution in [0.15, 0.2) is 36.8 Å². The smallest absolute Gasteiger partial charge is 0.274 e. The van der Waals surface area contributed by atoms with Gasteiger partial charge in [-0.25, -0.2) is 4.98 Å². The molecule has 6 nitrogen and oxygen atoms in total. The van der Waals surface area contributed by atoms with Crippen molar-refractivity contribution in [2.24, 2.45) is 0 Å². The highest BCUT2D eigenvalue weighted by atomic mass is 35.5. The molecule has 25 heavy (non-hydrogen) atoms. The molecule has 0 saturated carbocycles. The predicted molar refractivity (Wildman–Crippen MR) is 95.8 cm³/mol. The van der Waals surface area contributed by atoms with Crippen LogP contribution in [-0.4, -0.2) is 39.3 Å².